The number of likely N-dealkylation sites (tertiary alicyclic amines) is 1. The largest absolute Gasteiger partial charge is 0.349 e. The number of amides is 1. The fourth-order valence-corrected chi connectivity index (χ4v) is 3.51. The number of fused-ring (bicyclic) bond motifs is 1. The number of hydrogen-bond donors (Lipinski definition) is 2. The van der Waals surface area contributed by atoms with Crippen molar-refractivity contribution in [2.45, 2.75) is 44.2 Å². The normalized spacial score (nSPS) is 20.9. The quantitative estimate of drug-likeness (QED) is 0.914. The smallest absolute Gasteiger partial charge is 0.251 e. The van der Waals surface area contributed by atoms with Gasteiger partial charge < -0.3 is 10.2 Å². The number of carbonyl (C=O) groups excluding carboxylic acids is 1. The Hall–Kier alpha value is -1.88. The zero-order valence-corrected chi connectivity index (χ0v) is 12.7. The molecule has 116 valence electrons. The highest BCUT2D eigenvalue weighted by atomic mass is 16.1. The van der Waals surface area contributed by atoms with Gasteiger partial charge in [0.1, 0.15) is 0 Å². The summed E-state index contributed by atoms with van der Waals surface area (Å²) in [6.07, 6.45) is 8.00. The van der Waals surface area contributed by atoms with E-state index in [0.717, 1.165) is 48.4 Å². The molecule has 22 heavy (non-hydrogen) atoms. The van der Waals surface area contributed by atoms with Crippen molar-refractivity contribution in [2.24, 2.45) is 0 Å². The molecule has 0 radical (unpaired) electrons. The summed E-state index contributed by atoms with van der Waals surface area (Å²) >= 11 is 0. The van der Waals surface area contributed by atoms with Crippen molar-refractivity contribution in [3.8, 4) is 0 Å². The Morgan fingerprint density at radius 1 is 1.23 bits per heavy atom. The summed E-state index contributed by atoms with van der Waals surface area (Å²) < 4.78 is 0. The van der Waals surface area contributed by atoms with E-state index in [1.54, 1.807) is 6.20 Å². The second-order valence-electron chi connectivity index (χ2n) is 6.54. The second-order valence-corrected chi connectivity index (χ2v) is 6.54. The van der Waals surface area contributed by atoms with Crippen molar-refractivity contribution >= 4 is 16.8 Å². The van der Waals surface area contributed by atoms with Gasteiger partial charge in [0.15, 0.2) is 0 Å². The van der Waals surface area contributed by atoms with Gasteiger partial charge in [-0.1, -0.05) is 6.42 Å². The summed E-state index contributed by atoms with van der Waals surface area (Å²) in [4.78, 5) is 15.0. The Morgan fingerprint density at radius 3 is 2.77 bits per heavy atom. The molecule has 1 saturated heterocycles. The highest BCUT2D eigenvalue weighted by molar-refractivity contribution is 5.98. The van der Waals surface area contributed by atoms with Gasteiger partial charge in [-0.25, -0.2) is 0 Å². The van der Waals surface area contributed by atoms with Crippen LogP contribution in [0.3, 0.4) is 0 Å². The van der Waals surface area contributed by atoms with Crippen LogP contribution >= 0.6 is 0 Å². The lowest BCUT2D eigenvalue weighted by Crippen LogP contribution is -2.49. The van der Waals surface area contributed by atoms with Crippen LogP contribution < -0.4 is 5.32 Å². The topological polar surface area (TPSA) is 61.0 Å². The number of nitrogens with zero attached hydrogens (tertiary/aromatic N) is 2. The number of rotatable bonds is 3. The number of aromatic amines is 1. The molecule has 0 unspecified atom stereocenters. The molecule has 1 aliphatic heterocycles. The zero-order valence-electron chi connectivity index (χ0n) is 12.7. The fraction of sp³-hybridized carbons (Fsp3) is 0.529. The highest BCUT2D eigenvalue weighted by Gasteiger charge is 2.29. The summed E-state index contributed by atoms with van der Waals surface area (Å²) in [7, 11) is 0. The predicted octanol–water partition coefficient (Wildman–Crippen LogP) is 2.31. The summed E-state index contributed by atoms with van der Waals surface area (Å²) in [5, 5.41) is 11.1. The van der Waals surface area contributed by atoms with Crippen LogP contribution in [0.4, 0.5) is 0 Å². The molecular weight excluding hydrogens is 276 g/mol. The van der Waals surface area contributed by atoms with Gasteiger partial charge in [0.05, 0.1) is 11.7 Å². The van der Waals surface area contributed by atoms with Gasteiger partial charge in [-0.2, -0.15) is 5.10 Å². The molecule has 0 bridgehead atoms. The Kier molecular flexibility index (Phi) is 3.58. The van der Waals surface area contributed by atoms with Crippen LogP contribution in [0.1, 0.15) is 42.5 Å². The van der Waals surface area contributed by atoms with Crippen molar-refractivity contribution in [2.75, 3.05) is 13.1 Å². The van der Waals surface area contributed by atoms with Crippen molar-refractivity contribution < 1.29 is 4.79 Å². The molecule has 1 amide bonds. The number of hydrogen-bond acceptors (Lipinski definition) is 3. The van der Waals surface area contributed by atoms with Crippen LogP contribution in [0.15, 0.2) is 24.4 Å². The maximum Gasteiger partial charge on any atom is 0.251 e. The molecule has 1 aromatic carbocycles. The Balaban J connectivity index is 1.35. The van der Waals surface area contributed by atoms with E-state index < -0.39 is 0 Å². The number of carbonyl (C=O) groups is 1. The zero-order chi connectivity index (χ0) is 14.9. The molecule has 2 fully saturated rings. The molecule has 1 aromatic heterocycles. The standard InChI is InChI=1S/C17H22N4O/c22-17(12-4-5-16-13(10-12)11-18-20-16)19-14-6-8-21(9-7-14)15-2-1-3-15/h4-5,10-11,14-15H,1-3,6-9H2,(H,18,20)(H,19,22). The highest BCUT2D eigenvalue weighted by Crippen LogP contribution is 2.27. The van der Waals surface area contributed by atoms with E-state index in [2.05, 4.69) is 20.4 Å². The predicted molar refractivity (Wildman–Crippen MR) is 85.8 cm³/mol. The molecule has 1 saturated carbocycles. The number of piperidine rings is 1. The first kappa shape index (κ1) is 13.8. The van der Waals surface area contributed by atoms with Gasteiger partial charge >= 0.3 is 0 Å². The first-order valence-corrected chi connectivity index (χ1v) is 8.27. The van der Waals surface area contributed by atoms with Crippen molar-refractivity contribution in [3.63, 3.8) is 0 Å². The minimum atomic E-state index is 0.0326. The minimum absolute atomic E-state index is 0.0326. The lowest BCUT2D eigenvalue weighted by atomic mass is 9.89. The van der Waals surface area contributed by atoms with E-state index in [-0.39, 0.29) is 5.91 Å². The second kappa shape index (κ2) is 5.72. The molecule has 2 N–H and O–H groups in total. The summed E-state index contributed by atoms with van der Waals surface area (Å²) in [5.41, 5.74) is 1.68. The van der Waals surface area contributed by atoms with Crippen LogP contribution in [0.25, 0.3) is 10.9 Å². The molecule has 2 aliphatic rings. The van der Waals surface area contributed by atoms with E-state index in [1.807, 2.05) is 18.2 Å². The van der Waals surface area contributed by atoms with Crippen LogP contribution in [0.5, 0.6) is 0 Å². The SMILES string of the molecule is O=C(NC1CCN(C2CCC2)CC1)c1ccc2[nH]ncc2c1. The van der Waals surface area contributed by atoms with Gasteiger partial charge in [-0.15, -0.1) is 0 Å². The lowest BCUT2D eigenvalue weighted by Gasteiger charge is -2.41. The summed E-state index contributed by atoms with van der Waals surface area (Å²) in [5.74, 6) is 0.0326. The molecule has 2 aromatic rings. The molecule has 5 nitrogen and oxygen atoms in total. The van der Waals surface area contributed by atoms with E-state index in [4.69, 9.17) is 0 Å². The lowest BCUT2D eigenvalue weighted by molar-refractivity contribution is 0.0800. The van der Waals surface area contributed by atoms with Crippen LogP contribution in [-0.2, 0) is 0 Å². The van der Waals surface area contributed by atoms with Crippen LogP contribution in [-0.4, -0.2) is 46.2 Å². The minimum Gasteiger partial charge on any atom is -0.349 e. The molecule has 4 rings (SSSR count). The average Bonchev–Trinajstić information content (AvgIpc) is 2.94. The number of benzene rings is 1. The van der Waals surface area contributed by atoms with E-state index in [1.165, 1.54) is 19.3 Å². The molecule has 2 heterocycles. The number of nitrogens with one attached hydrogen (secondary N) is 2. The maximum absolute atomic E-state index is 12.4. The van der Waals surface area contributed by atoms with Gasteiger partial charge in [-0.3, -0.25) is 9.89 Å². The molecule has 5 heteroatoms. The van der Waals surface area contributed by atoms with Crippen molar-refractivity contribution in [1.82, 2.24) is 20.4 Å². The number of aromatic nitrogens is 2. The van der Waals surface area contributed by atoms with Gasteiger partial charge in [-0.05, 0) is 43.9 Å². The summed E-state index contributed by atoms with van der Waals surface area (Å²) in [6, 6.07) is 6.80. The average molecular weight is 298 g/mol. The van der Waals surface area contributed by atoms with E-state index in [9.17, 15) is 4.79 Å². The third kappa shape index (κ3) is 2.61. The third-order valence-electron chi connectivity index (χ3n) is 5.16. The molecule has 0 atom stereocenters. The van der Waals surface area contributed by atoms with Gasteiger partial charge in [0.25, 0.3) is 5.91 Å². The molecule has 1 aliphatic carbocycles. The Labute approximate surface area is 130 Å². The van der Waals surface area contributed by atoms with Crippen molar-refractivity contribution in [1.29, 1.82) is 0 Å². The number of H-pyrrole nitrogens is 1. The van der Waals surface area contributed by atoms with E-state index in [0.29, 0.717) is 6.04 Å². The van der Waals surface area contributed by atoms with E-state index >= 15 is 0 Å². The van der Waals surface area contributed by atoms with Crippen molar-refractivity contribution in [3.05, 3.63) is 30.0 Å². The fourth-order valence-electron chi connectivity index (χ4n) is 3.51. The Morgan fingerprint density at radius 2 is 2.05 bits per heavy atom. The third-order valence-corrected chi connectivity index (χ3v) is 5.16. The monoisotopic (exact) mass is 298 g/mol. The van der Waals surface area contributed by atoms with Crippen LogP contribution in [0.2, 0.25) is 0 Å². The first-order valence-electron chi connectivity index (χ1n) is 8.27. The van der Waals surface area contributed by atoms with Gasteiger partial charge in [0.2, 0.25) is 0 Å². The molecule has 0 spiro atoms. The van der Waals surface area contributed by atoms with Crippen LogP contribution in [0, 0.1) is 0 Å². The summed E-state index contributed by atoms with van der Waals surface area (Å²) in [6.45, 7) is 2.24. The Bertz CT molecular complexity index is 668. The maximum atomic E-state index is 12.4. The molecular formula is C17H22N4O. The van der Waals surface area contributed by atoms with Gasteiger partial charge in [0, 0.05) is 36.1 Å². The first-order chi connectivity index (χ1) is 10.8.